The summed E-state index contributed by atoms with van der Waals surface area (Å²) in [5.41, 5.74) is 1.48. The monoisotopic (exact) mass is 315 g/mol. The Morgan fingerprint density at radius 3 is 2.87 bits per heavy atom. The summed E-state index contributed by atoms with van der Waals surface area (Å²) in [5, 5.41) is 16.5. The van der Waals surface area contributed by atoms with Crippen molar-refractivity contribution in [3.05, 3.63) is 17.5 Å². The second-order valence-electron chi connectivity index (χ2n) is 6.70. The summed E-state index contributed by atoms with van der Waals surface area (Å²) in [6.07, 6.45) is 6.89. The second kappa shape index (κ2) is 7.14. The molecule has 0 bridgehead atoms. The SMILES string of the molecule is CC(C(=O)NC1CCCCC1)N1CCCn2nc(C#N)cc2C1. The Hall–Kier alpha value is -1.87. The van der Waals surface area contributed by atoms with Crippen molar-refractivity contribution in [2.24, 2.45) is 0 Å². The van der Waals surface area contributed by atoms with Crippen LogP contribution in [0.15, 0.2) is 6.07 Å². The van der Waals surface area contributed by atoms with Gasteiger partial charge in [0, 0.05) is 25.7 Å². The fourth-order valence-electron chi connectivity index (χ4n) is 3.61. The van der Waals surface area contributed by atoms with E-state index in [2.05, 4.69) is 21.4 Å². The fraction of sp³-hybridized carbons (Fsp3) is 0.706. The third-order valence-corrected chi connectivity index (χ3v) is 5.04. The molecule has 6 heteroatoms. The Labute approximate surface area is 137 Å². The van der Waals surface area contributed by atoms with Crippen molar-refractivity contribution in [2.75, 3.05) is 6.54 Å². The van der Waals surface area contributed by atoms with Crippen LogP contribution >= 0.6 is 0 Å². The number of nitrogens with one attached hydrogen (secondary N) is 1. The Kier molecular flexibility index (Phi) is 4.97. The third-order valence-electron chi connectivity index (χ3n) is 5.04. The normalized spacial score (nSPS) is 21.0. The molecule has 0 saturated heterocycles. The number of hydrogen-bond donors (Lipinski definition) is 1. The topological polar surface area (TPSA) is 74.0 Å². The van der Waals surface area contributed by atoms with Gasteiger partial charge in [0.05, 0.1) is 11.7 Å². The molecule has 2 heterocycles. The number of nitriles is 1. The van der Waals surface area contributed by atoms with Crippen molar-refractivity contribution in [1.82, 2.24) is 20.0 Å². The predicted octanol–water partition coefficient (Wildman–Crippen LogP) is 1.80. The van der Waals surface area contributed by atoms with E-state index in [1.54, 1.807) is 0 Å². The molecule has 2 aliphatic rings. The van der Waals surface area contributed by atoms with Gasteiger partial charge in [-0.15, -0.1) is 0 Å². The number of rotatable bonds is 3. The van der Waals surface area contributed by atoms with Gasteiger partial charge < -0.3 is 5.32 Å². The highest BCUT2D eigenvalue weighted by atomic mass is 16.2. The standard InChI is InChI=1S/C17H25N5O/c1-13(17(23)19-14-6-3-2-4-7-14)21-8-5-9-22-16(12-21)10-15(11-18)20-22/h10,13-14H,2-9,12H2,1H3,(H,19,23). The molecule has 1 N–H and O–H groups in total. The van der Waals surface area contributed by atoms with Crippen LogP contribution in [-0.2, 0) is 17.9 Å². The molecular formula is C17H25N5O. The molecule has 1 saturated carbocycles. The van der Waals surface area contributed by atoms with Crippen molar-refractivity contribution in [3.8, 4) is 6.07 Å². The van der Waals surface area contributed by atoms with Crippen LogP contribution in [0.3, 0.4) is 0 Å². The Morgan fingerprint density at radius 2 is 2.13 bits per heavy atom. The average molecular weight is 315 g/mol. The summed E-state index contributed by atoms with van der Waals surface area (Å²) in [6, 6.07) is 4.13. The molecule has 23 heavy (non-hydrogen) atoms. The lowest BCUT2D eigenvalue weighted by molar-refractivity contribution is -0.127. The van der Waals surface area contributed by atoms with Gasteiger partial charge in [0.15, 0.2) is 5.69 Å². The molecule has 1 atom stereocenters. The van der Waals surface area contributed by atoms with Crippen LogP contribution in [0.1, 0.15) is 56.8 Å². The van der Waals surface area contributed by atoms with E-state index >= 15 is 0 Å². The van der Waals surface area contributed by atoms with E-state index in [-0.39, 0.29) is 11.9 Å². The van der Waals surface area contributed by atoms with Gasteiger partial charge in [-0.05, 0) is 32.3 Å². The van der Waals surface area contributed by atoms with Gasteiger partial charge in [-0.3, -0.25) is 14.4 Å². The number of aryl methyl sites for hydroxylation is 1. The molecule has 6 nitrogen and oxygen atoms in total. The van der Waals surface area contributed by atoms with Crippen molar-refractivity contribution < 1.29 is 4.79 Å². The Morgan fingerprint density at radius 1 is 1.35 bits per heavy atom. The highest BCUT2D eigenvalue weighted by Crippen LogP contribution is 2.19. The molecule has 3 rings (SSSR count). The molecule has 1 aromatic heterocycles. The summed E-state index contributed by atoms with van der Waals surface area (Å²) < 4.78 is 1.91. The molecule has 0 spiro atoms. The average Bonchev–Trinajstić information content (AvgIpc) is 2.86. The zero-order valence-electron chi connectivity index (χ0n) is 13.8. The van der Waals surface area contributed by atoms with Gasteiger partial charge in [-0.1, -0.05) is 19.3 Å². The van der Waals surface area contributed by atoms with E-state index in [0.29, 0.717) is 18.3 Å². The molecule has 1 unspecified atom stereocenters. The smallest absolute Gasteiger partial charge is 0.237 e. The zero-order chi connectivity index (χ0) is 16.2. The molecule has 0 radical (unpaired) electrons. The number of fused-ring (bicyclic) bond motifs is 1. The van der Waals surface area contributed by atoms with Crippen LogP contribution in [0.4, 0.5) is 0 Å². The van der Waals surface area contributed by atoms with Gasteiger partial charge in [-0.2, -0.15) is 10.4 Å². The number of carbonyl (C=O) groups is 1. The third kappa shape index (κ3) is 3.73. The number of hydrogen-bond acceptors (Lipinski definition) is 4. The van der Waals surface area contributed by atoms with Crippen molar-refractivity contribution in [3.63, 3.8) is 0 Å². The minimum Gasteiger partial charge on any atom is -0.352 e. The highest BCUT2D eigenvalue weighted by molar-refractivity contribution is 5.81. The first-order chi connectivity index (χ1) is 11.2. The summed E-state index contributed by atoms with van der Waals surface area (Å²) in [4.78, 5) is 14.8. The molecule has 1 aliphatic carbocycles. The van der Waals surface area contributed by atoms with Crippen LogP contribution < -0.4 is 5.32 Å². The summed E-state index contributed by atoms with van der Waals surface area (Å²) in [5.74, 6) is 0.130. The number of nitrogens with zero attached hydrogens (tertiary/aromatic N) is 4. The molecular weight excluding hydrogens is 290 g/mol. The highest BCUT2D eigenvalue weighted by Gasteiger charge is 2.26. The van der Waals surface area contributed by atoms with Crippen molar-refractivity contribution >= 4 is 5.91 Å². The van der Waals surface area contributed by atoms with E-state index < -0.39 is 0 Å². The minimum absolute atomic E-state index is 0.130. The van der Waals surface area contributed by atoms with E-state index in [1.165, 1.54) is 19.3 Å². The van der Waals surface area contributed by atoms with E-state index in [0.717, 1.165) is 38.0 Å². The molecule has 1 aliphatic heterocycles. The lowest BCUT2D eigenvalue weighted by Gasteiger charge is -2.29. The molecule has 1 fully saturated rings. The van der Waals surface area contributed by atoms with Gasteiger partial charge in [0.1, 0.15) is 6.07 Å². The number of aromatic nitrogens is 2. The molecule has 1 aromatic rings. The molecule has 1 amide bonds. The maximum absolute atomic E-state index is 12.6. The van der Waals surface area contributed by atoms with Crippen LogP contribution in [0.2, 0.25) is 0 Å². The molecule has 0 aromatic carbocycles. The first kappa shape index (κ1) is 16.0. The zero-order valence-corrected chi connectivity index (χ0v) is 13.8. The number of amides is 1. The Bertz CT molecular complexity index is 597. The van der Waals surface area contributed by atoms with Gasteiger partial charge in [-0.25, -0.2) is 0 Å². The first-order valence-corrected chi connectivity index (χ1v) is 8.68. The van der Waals surface area contributed by atoms with E-state index in [4.69, 9.17) is 5.26 Å². The summed E-state index contributed by atoms with van der Waals surface area (Å²) >= 11 is 0. The van der Waals surface area contributed by atoms with E-state index in [1.807, 2.05) is 17.7 Å². The maximum atomic E-state index is 12.6. The number of carbonyl (C=O) groups excluding carboxylic acids is 1. The van der Waals surface area contributed by atoms with Crippen molar-refractivity contribution in [1.29, 1.82) is 5.26 Å². The Balaban J connectivity index is 1.63. The maximum Gasteiger partial charge on any atom is 0.237 e. The van der Waals surface area contributed by atoms with Gasteiger partial charge >= 0.3 is 0 Å². The predicted molar refractivity (Wildman–Crippen MR) is 86.4 cm³/mol. The van der Waals surface area contributed by atoms with Crippen LogP contribution in [0.5, 0.6) is 0 Å². The minimum atomic E-state index is -0.149. The van der Waals surface area contributed by atoms with Gasteiger partial charge in [0.2, 0.25) is 5.91 Å². The first-order valence-electron chi connectivity index (χ1n) is 8.68. The molecule has 124 valence electrons. The quantitative estimate of drug-likeness (QED) is 0.923. The van der Waals surface area contributed by atoms with Crippen LogP contribution in [0.25, 0.3) is 0 Å². The van der Waals surface area contributed by atoms with Crippen LogP contribution in [-0.4, -0.2) is 39.2 Å². The summed E-state index contributed by atoms with van der Waals surface area (Å²) in [7, 11) is 0. The van der Waals surface area contributed by atoms with E-state index in [9.17, 15) is 4.79 Å². The fourth-order valence-corrected chi connectivity index (χ4v) is 3.61. The van der Waals surface area contributed by atoms with Gasteiger partial charge in [0.25, 0.3) is 0 Å². The largest absolute Gasteiger partial charge is 0.352 e. The second-order valence-corrected chi connectivity index (χ2v) is 6.70. The lowest BCUT2D eigenvalue weighted by atomic mass is 9.95. The van der Waals surface area contributed by atoms with Crippen molar-refractivity contribution in [2.45, 2.75) is 70.6 Å². The van der Waals surface area contributed by atoms with Crippen LogP contribution in [0, 0.1) is 11.3 Å². The lowest BCUT2D eigenvalue weighted by Crippen LogP contribution is -2.48. The summed E-state index contributed by atoms with van der Waals surface area (Å²) in [6.45, 7) is 4.35.